The van der Waals surface area contributed by atoms with Gasteiger partial charge in [0.1, 0.15) is 5.75 Å². The Morgan fingerprint density at radius 3 is 2.42 bits per heavy atom. The molecule has 1 aromatic heterocycles. The van der Waals surface area contributed by atoms with E-state index in [4.69, 9.17) is 9.15 Å². The van der Waals surface area contributed by atoms with Crippen LogP contribution in [0.15, 0.2) is 59.0 Å². The highest BCUT2D eigenvalue weighted by Gasteiger charge is 2.12. The Balaban J connectivity index is 1.68. The van der Waals surface area contributed by atoms with E-state index in [0.29, 0.717) is 17.2 Å². The van der Waals surface area contributed by atoms with Crippen LogP contribution in [-0.4, -0.2) is 22.2 Å². The van der Waals surface area contributed by atoms with Gasteiger partial charge in [0.2, 0.25) is 5.89 Å². The smallest absolute Gasteiger partial charge is 0.322 e. The molecule has 6 heteroatoms. The van der Waals surface area contributed by atoms with Gasteiger partial charge < -0.3 is 9.15 Å². The number of rotatable bonds is 5. The Morgan fingerprint density at radius 2 is 1.75 bits per heavy atom. The molecule has 3 rings (SSSR count). The third-order valence-electron chi connectivity index (χ3n) is 3.15. The van der Waals surface area contributed by atoms with Gasteiger partial charge in [-0.25, -0.2) is 0 Å². The molecule has 1 N–H and O–H groups in total. The van der Waals surface area contributed by atoms with E-state index in [1.165, 1.54) is 0 Å². The van der Waals surface area contributed by atoms with Crippen molar-refractivity contribution in [1.29, 1.82) is 0 Å². The number of carbonyl (C=O) groups excluding carboxylic acids is 1. The molecule has 0 unspecified atom stereocenters. The number of hydrogen-bond donors (Lipinski definition) is 1. The van der Waals surface area contributed by atoms with Crippen molar-refractivity contribution in [2.75, 3.05) is 5.32 Å². The Bertz CT molecular complexity index is 811. The Hall–Kier alpha value is -3.15. The first-order valence-electron chi connectivity index (χ1n) is 7.59. The first-order valence-corrected chi connectivity index (χ1v) is 7.59. The van der Waals surface area contributed by atoms with E-state index in [1.54, 1.807) is 24.3 Å². The molecule has 0 saturated heterocycles. The summed E-state index contributed by atoms with van der Waals surface area (Å²) in [5.74, 6) is 0.742. The average Bonchev–Trinajstić information content (AvgIpc) is 3.04. The van der Waals surface area contributed by atoms with E-state index in [0.717, 1.165) is 5.56 Å². The predicted molar refractivity (Wildman–Crippen MR) is 89.9 cm³/mol. The normalized spacial score (nSPS) is 10.6. The van der Waals surface area contributed by atoms with Crippen molar-refractivity contribution in [3.8, 4) is 17.2 Å². The minimum Gasteiger partial charge on any atom is -0.491 e. The van der Waals surface area contributed by atoms with Crippen molar-refractivity contribution >= 4 is 11.9 Å². The van der Waals surface area contributed by atoms with Crippen LogP contribution >= 0.6 is 0 Å². The fourth-order valence-electron chi connectivity index (χ4n) is 2.10. The van der Waals surface area contributed by atoms with E-state index in [9.17, 15) is 4.79 Å². The Morgan fingerprint density at radius 1 is 1.04 bits per heavy atom. The molecule has 0 aliphatic heterocycles. The number of ether oxygens (including phenoxy) is 1. The summed E-state index contributed by atoms with van der Waals surface area (Å²) in [6.07, 6.45) is 0.0828. The summed E-state index contributed by atoms with van der Waals surface area (Å²) in [6, 6.07) is 16.3. The molecule has 3 aromatic rings. The standard InChI is InChI=1S/C18H17N3O3/c1-12(2)23-15-10-8-13(9-11-15)16(22)19-18-21-20-17(24-18)14-6-4-3-5-7-14/h3-12H,1-2H3,(H,19,21,22). The molecule has 122 valence electrons. The SMILES string of the molecule is CC(C)Oc1ccc(C(=O)Nc2nnc(-c3ccccc3)o2)cc1. The lowest BCUT2D eigenvalue weighted by atomic mass is 10.2. The van der Waals surface area contributed by atoms with Gasteiger partial charge in [-0.05, 0) is 50.2 Å². The minimum atomic E-state index is -0.325. The number of amides is 1. The van der Waals surface area contributed by atoms with Crippen LogP contribution in [0, 0.1) is 0 Å². The molecule has 0 bridgehead atoms. The van der Waals surface area contributed by atoms with Gasteiger partial charge in [-0.15, -0.1) is 5.10 Å². The lowest BCUT2D eigenvalue weighted by molar-refractivity contribution is 0.102. The fraction of sp³-hybridized carbons (Fsp3) is 0.167. The van der Waals surface area contributed by atoms with Gasteiger partial charge in [-0.2, -0.15) is 0 Å². The highest BCUT2D eigenvalue weighted by Crippen LogP contribution is 2.20. The first kappa shape index (κ1) is 15.7. The van der Waals surface area contributed by atoms with E-state index in [-0.39, 0.29) is 18.0 Å². The number of nitrogens with one attached hydrogen (secondary N) is 1. The second-order valence-corrected chi connectivity index (χ2v) is 5.42. The number of hydrogen-bond acceptors (Lipinski definition) is 5. The molecular formula is C18H17N3O3. The van der Waals surface area contributed by atoms with Gasteiger partial charge >= 0.3 is 6.01 Å². The second kappa shape index (κ2) is 6.95. The van der Waals surface area contributed by atoms with Crippen LogP contribution in [0.2, 0.25) is 0 Å². The van der Waals surface area contributed by atoms with Gasteiger partial charge in [0.15, 0.2) is 0 Å². The molecule has 24 heavy (non-hydrogen) atoms. The zero-order chi connectivity index (χ0) is 16.9. The van der Waals surface area contributed by atoms with Gasteiger partial charge in [-0.1, -0.05) is 23.3 Å². The first-order chi connectivity index (χ1) is 11.6. The zero-order valence-corrected chi connectivity index (χ0v) is 13.4. The summed E-state index contributed by atoms with van der Waals surface area (Å²) in [6.45, 7) is 3.89. The Kier molecular flexibility index (Phi) is 4.56. The maximum absolute atomic E-state index is 12.2. The maximum atomic E-state index is 12.2. The van der Waals surface area contributed by atoms with Crippen LogP contribution < -0.4 is 10.1 Å². The van der Waals surface area contributed by atoms with Gasteiger partial charge in [0.05, 0.1) is 6.10 Å². The van der Waals surface area contributed by atoms with Crippen molar-refractivity contribution in [3.05, 3.63) is 60.2 Å². The third kappa shape index (κ3) is 3.78. The predicted octanol–water partition coefficient (Wildman–Crippen LogP) is 3.78. The summed E-state index contributed by atoms with van der Waals surface area (Å²) in [4.78, 5) is 12.2. The zero-order valence-electron chi connectivity index (χ0n) is 13.4. The maximum Gasteiger partial charge on any atom is 0.322 e. The second-order valence-electron chi connectivity index (χ2n) is 5.42. The largest absolute Gasteiger partial charge is 0.491 e. The summed E-state index contributed by atoms with van der Waals surface area (Å²) < 4.78 is 11.0. The number of anilines is 1. The molecule has 1 heterocycles. The molecule has 1 amide bonds. The summed E-state index contributed by atoms with van der Waals surface area (Å²) in [7, 11) is 0. The molecule has 0 aliphatic rings. The third-order valence-corrected chi connectivity index (χ3v) is 3.15. The molecule has 0 fully saturated rings. The molecule has 0 saturated carbocycles. The van der Waals surface area contributed by atoms with E-state index in [1.807, 2.05) is 44.2 Å². The number of carbonyl (C=O) groups is 1. The quantitative estimate of drug-likeness (QED) is 0.773. The number of aromatic nitrogens is 2. The van der Waals surface area contributed by atoms with Gasteiger partial charge in [-0.3, -0.25) is 10.1 Å². The molecule has 0 radical (unpaired) electrons. The minimum absolute atomic E-state index is 0.0568. The van der Waals surface area contributed by atoms with Crippen molar-refractivity contribution in [2.24, 2.45) is 0 Å². The average molecular weight is 323 g/mol. The number of nitrogens with zero attached hydrogens (tertiary/aromatic N) is 2. The fourth-order valence-corrected chi connectivity index (χ4v) is 2.10. The summed E-state index contributed by atoms with van der Waals surface area (Å²) in [5.41, 5.74) is 1.27. The van der Waals surface area contributed by atoms with E-state index >= 15 is 0 Å². The van der Waals surface area contributed by atoms with Crippen LogP contribution in [0.5, 0.6) is 5.75 Å². The van der Waals surface area contributed by atoms with Crippen LogP contribution in [0.25, 0.3) is 11.5 Å². The molecule has 0 spiro atoms. The molecule has 0 aliphatic carbocycles. The topological polar surface area (TPSA) is 77.2 Å². The monoisotopic (exact) mass is 323 g/mol. The van der Waals surface area contributed by atoms with Crippen molar-refractivity contribution in [3.63, 3.8) is 0 Å². The van der Waals surface area contributed by atoms with Crippen LogP contribution in [0.4, 0.5) is 6.01 Å². The lowest BCUT2D eigenvalue weighted by Crippen LogP contribution is -2.12. The summed E-state index contributed by atoms with van der Waals surface area (Å²) >= 11 is 0. The lowest BCUT2D eigenvalue weighted by Gasteiger charge is -2.09. The van der Waals surface area contributed by atoms with Crippen LogP contribution in [-0.2, 0) is 0 Å². The number of benzene rings is 2. The van der Waals surface area contributed by atoms with Gasteiger partial charge in [0, 0.05) is 11.1 Å². The molecule has 2 aromatic carbocycles. The summed E-state index contributed by atoms with van der Waals surface area (Å²) in [5, 5.41) is 10.4. The van der Waals surface area contributed by atoms with Crippen molar-refractivity contribution in [1.82, 2.24) is 10.2 Å². The van der Waals surface area contributed by atoms with Gasteiger partial charge in [0.25, 0.3) is 5.91 Å². The molecule has 6 nitrogen and oxygen atoms in total. The van der Waals surface area contributed by atoms with E-state index in [2.05, 4.69) is 15.5 Å². The van der Waals surface area contributed by atoms with Crippen molar-refractivity contribution < 1.29 is 13.9 Å². The highest BCUT2D eigenvalue weighted by atomic mass is 16.5. The highest BCUT2D eigenvalue weighted by molar-refractivity contribution is 6.03. The van der Waals surface area contributed by atoms with Crippen molar-refractivity contribution in [2.45, 2.75) is 20.0 Å². The molecule has 0 atom stereocenters. The van der Waals surface area contributed by atoms with Crippen LogP contribution in [0.1, 0.15) is 24.2 Å². The van der Waals surface area contributed by atoms with Crippen LogP contribution in [0.3, 0.4) is 0 Å². The molecular weight excluding hydrogens is 306 g/mol. The van der Waals surface area contributed by atoms with E-state index < -0.39 is 0 Å². The Labute approximate surface area is 139 Å².